The minimum absolute atomic E-state index is 0.0259. The summed E-state index contributed by atoms with van der Waals surface area (Å²) < 4.78 is 5.57. The molecule has 5 nitrogen and oxygen atoms in total. The molecule has 2 rings (SSSR count). The van der Waals surface area contributed by atoms with Crippen molar-refractivity contribution >= 4 is 11.8 Å². The van der Waals surface area contributed by atoms with Gasteiger partial charge in [-0.15, -0.1) is 0 Å². The van der Waals surface area contributed by atoms with E-state index in [9.17, 15) is 9.59 Å². The van der Waals surface area contributed by atoms with Crippen molar-refractivity contribution < 1.29 is 14.3 Å². The van der Waals surface area contributed by atoms with Crippen LogP contribution in [0.25, 0.3) is 0 Å². The van der Waals surface area contributed by atoms with E-state index < -0.39 is 0 Å². The number of hydrogen-bond acceptors (Lipinski definition) is 3. The number of amides is 2. The molecule has 1 aromatic carbocycles. The lowest BCUT2D eigenvalue weighted by atomic mass is 10.1. The van der Waals surface area contributed by atoms with E-state index in [0.717, 1.165) is 12.8 Å². The molecular weight excluding hydrogens is 280 g/mol. The first-order chi connectivity index (χ1) is 10.7. The molecule has 1 saturated heterocycles. The van der Waals surface area contributed by atoms with Crippen LogP contribution in [0.2, 0.25) is 0 Å². The van der Waals surface area contributed by atoms with E-state index >= 15 is 0 Å². The number of likely N-dealkylation sites (tertiary alicyclic amines) is 1. The van der Waals surface area contributed by atoms with E-state index in [0.29, 0.717) is 32.7 Å². The highest BCUT2D eigenvalue weighted by molar-refractivity contribution is 5.89. The van der Waals surface area contributed by atoms with Crippen molar-refractivity contribution in [1.29, 1.82) is 0 Å². The molecule has 1 aliphatic heterocycles. The van der Waals surface area contributed by atoms with Gasteiger partial charge in [0.2, 0.25) is 11.8 Å². The lowest BCUT2D eigenvalue weighted by molar-refractivity contribution is -0.128. The highest BCUT2D eigenvalue weighted by atomic mass is 16.5. The number of hydrogen-bond donors (Lipinski definition) is 1. The molecule has 0 aliphatic carbocycles. The number of carbonyl (C=O) groups is 2. The van der Waals surface area contributed by atoms with Gasteiger partial charge in [0.25, 0.3) is 0 Å². The molecule has 1 atom stereocenters. The first-order valence-corrected chi connectivity index (χ1v) is 7.80. The van der Waals surface area contributed by atoms with E-state index in [1.807, 2.05) is 18.2 Å². The number of nitrogens with one attached hydrogen (secondary N) is 1. The molecule has 120 valence electrons. The Balaban J connectivity index is 1.49. The summed E-state index contributed by atoms with van der Waals surface area (Å²) in [5.74, 6) is -0.178. The van der Waals surface area contributed by atoms with Crippen LogP contribution in [0.5, 0.6) is 0 Å². The van der Waals surface area contributed by atoms with Crippen molar-refractivity contribution in [3.63, 3.8) is 0 Å². The van der Waals surface area contributed by atoms with Gasteiger partial charge in [0.1, 0.15) is 0 Å². The summed E-state index contributed by atoms with van der Waals surface area (Å²) >= 11 is 0. The Hall–Kier alpha value is -1.88. The van der Waals surface area contributed by atoms with Crippen molar-refractivity contribution in [3.05, 3.63) is 35.9 Å². The van der Waals surface area contributed by atoms with Gasteiger partial charge >= 0.3 is 0 Å². The van der Waals surface area contributed by atoms with Crippen molar-refractivity contribution in [2.75, 3.05) is 33.4 Å². The van der Waals surface area contributed by atoms with E-state index in [1.165, 1.54) is 5.56 Å². The summed E-state index contributed by atoms with van der Waals surface area (Å²) in [7, 11) is 1.73. The molecule has 1 fully saturated rings. The van der Waals surface area contributed by atoms with Gasteiger partial charge in [-0.3, -0.25) is 9.59 Å². The van der Waals surface area contributed by atoms with Gasteiger partial charge in [0, 0.05) is 33.2 Å². The maximum Gasteiger partial charge on any atom is 0.225 e. The summed E-state index contributed by atoms with van der Waals surface area (Å²) in [6.07, 6.45) is 2.02. The van der Waals surface area contributed by atoms with E-state index in [4.69, 9.17) is 4.74 Å². The van der Waals surface area contributed by atoms with Crippen molar-refractivity contribution in [1.82, 2.24) is 10.2 Å². The van der Waals surface area contributed by atoms with Gasteiger partial charge in [0.15, 0.2) is 0 Å². The SMILES string of the molecule is CN1C[C@@H](C(=O)NCCCOCCc2ccccc2)CC1=O. The molecular formula is C17H24N2O3. The predicted molar refractivity (Wildman–Crippen MR) is 84.3 cm³/mol. The van der Waals surface area contributed by atoms with E-state index in [1.54, 1.807) is 11.9 Å². The molecule has 0 unspecified atom stereocenters. The van der Waals surface area contributed by atoms with E-state index in [2.05, 4.69) is 17.4 Å². The van der Waals surface area contributed by atoms with Gasteiger partial charge < -0.3 is 15.0 Å². The molecule has 2 amide bonds. The summed E-state index contributed by atoms with van der Waals surface area (Å²) in [5.41, 5.74) is 1.27. The zero-order valence-corrected chi connectivity index (χ0v) is 13.1. The number of nitrogens with zero attached hydrogens (tertiary/aromatic N) is 1. The molecule has 0 aromatic heterocycles. The van der Waals surface area contributed by atoms with Crippen molar-refractivity contribution in [3.8, 4) is 0 Å². The van der Waals surface area contributed by atoms with Crippen molar-refractivity contribution in [2.45, 2.75) is 19.3 Å². The fraction of sp³-hybridized carbons (Fsp3) is 0.529. The largest absolute Gasteiger partial charge is 0.381 e. The molecule has 22 heavy (non-hydrogen) atoms. The van der Waals surface area contributed by atoms with Crippen LogP contribution in [-0.4, -0.2) is 50.1 Å². The average molecular weight is 304 g/mol. The van der Waals surface area contributed by atoms with Gasteiger partial charge in [-0.2, -0.15) is 0 Å². The van der Waals surface area contributed by atoms with Crippen LogP contribution >= 0.6 is 0 Å². The quantitative estimate of drug-likeness (QED) is 0.735. The third-order valence-corrected chi connectivity index (χ3v) is 3.85. The summed E-state index contributed by atoms with van der Waals surface area (Å²) in [6, 6.07) is 10.2. The minimum atomic E-state index is -0.198. The molecule has 0 bridgehead atoms. The lowest BCUT2D eigenvalue weighted by Crippen LogP contribution is -2.33. The lowest BCUT2D eigenvalue weighted by Gasteiger charge is -2.11. The predicted octanol–water partition coefficient (Wildman–Crippen LogP) is 1.23. The molecule has 1 aromatic rings. The first kappa shape index (κ1) is 16.5. The molecule has 1 heterocycles. The third kappa shape index (κ3) is 5.15. The first-order valence-electron chi connectivity index (χ1n) is 7.80. The maximum absolute atomic E-state index is 11.9. The number of benzene rings is 1. The highest BCUT2D eigenvalue weighted by Crippen LogP contribution is 2.15. The third-order valence-electron chi connectivity index (χ3n) is 3.85. The zero-order chi connectivity index (χ0) is 15.8. The maximum atomic E-state index is 11.9. The standard InChI is InChI=1S/C17H24N2O3/c1-19-13-15(12-16(19)20)17(21)18-9-5-10-22-11-8-14-6-3-2-4-7-14/h2-4,6-7,15H,5,8-13H2,1H3,(H,18,21)/t15-/m0/s1. The second-order valence-electron chi connectivity index (χ2n) is 5.67. The topological polar surface area (TPSA) is 58.6 Å². The van der Waals surface area contributed by atoms with Crippen LogP contribution in [0, 0.1) is 5.92 Å². The Labute approximate surface area is 131 Å². The van der Waals surface area contributed by atoms with Crippen LogP contribution < -0.4 is 5.32 Å². The number of carbonyl (C=O) groups excluding carboxylic acids is 2. The number of rotatable bonds is 8. The van der Waals surface area contributed by atoms with Crippen LogP contribution in [0.4, 0.5) is 0 Å². The van der Waals surface area contributed by atoms with Gasteiger partial charge in [-0.25, -0.2) is 0 Å². The fourth-order valence-electron chi connectivity index (χ4n) is 2.51. The Morgan fingerprint density at radius 1 is 1.32 bits per heavy atom. The molecule has 0 saturated carbocycles. The van der Waals surface area contributed by atoms with Gasteiger partial charge in [-0.05, 0) is 18.4 Å². The second-order valence-corrected chi connectivity index (χ2v) is 5.67. The van der Waals surface area contributed by atoms with Gasteiger partial charge in [0.05, 0.1) is 12.5 Å². The molecule has 5 heteroatoms. The molecule has 1 N–H and O–H groups in total. The summed E-state index contributed by atoms with van der Waals surface area (Å²) in [4.78, 5) is 24.9. The molecule has 1 aliphatic rings. The molecule has 0 radical (unpaired) electrons. The smallest absolute Gasteiger partial charge is 0.225 e. The highest BCUT2D eigenvalue weighted by Gasteiger charge is 2.31. The Kier molecular flexibility index (Phi) is 6.40. The summed E-state index contributed by atoms with van der Waals surface area (Å²) in [6.45, 7) is 2.45. The van der Waals surface area contributed by atoms with Crippen LogP contribution in [0.3, 0.4) is 0 Å². The normalized spacial score (nSPS) is 17.8. The van der Waals surface area contributed by atoms with Crippen LogP contribution in [0.1, 0.15) is 18.4 Å². The Morgan fingerprint density at radius 3 is 2.77 bits per heavy atom. The van der Waals surface area contributed by atoms with Crippen molar-refractivity contribution in [2.24, 2.45) is 5.92 Å². The molecule has 0 spiro atoms. The van der Waals surface area contributed by atoms with Gasteiger partial charge in [-0.1, -0.05) is 30.3 Å². The van der Waals surface area contributed by atoms with E-state index in [-0.39, 0.29) is 17.7 Å². The Morgan fingerprint density at radius 2 is 2.09 bits per heavy atom. The average Bonchev–Trinajstić information content (AvgIpc) is 2.87. The fourth-order valence-corrected chi connectivity index (χ4v) is 2.51. The van der Waals surface area contributed by atoms with Crippen LogP contribution in [0.15, 0.2) is 30.3 Å². The van der Waals surface area contributed by atoms with Crippen LogP contribution in [-0.2, 0) is 20.7 Å². The second kappa shape index (κ2) is 8.54. The zero-order valence-electron chi connectivity index (χ0n) is 13.1. The summed E-state index contributed by atoms with van der Waals surface area (Å²) in [5, 5.41) is 2.88. The monoisotopic (exact) mass is 304 g/mol. The Bertz CT molecular complexity index is 490. The number of ether oxygens (including phenoxy) is 1. The minimum Gasteiger partial charge on any atom is -0.381 e.